The van der Waals surface area contributed by atoms with Crippen LogP contribution in [0.25, 0.3) is 0 Å². The van der Waals surface area contributed by atoms with Crippen molar-refractivity contribution in [2.75, 3.05) is 17.7 Å². The van der Waals surface area contributed by atoms with Crippen LogP contribution >= 0.6 is 0 Å². The highest BCUT2D eigenvalue weighted by molar-refractivity contribution is 7.92. The number of alkyl halides is 3. The Hall–Kier alpha value is -2.75. The Kier molecular flexibility index (Phi) is 7.02. The molecular formula is C20H23F3N2O4S. The van der Waals surface area contributed by atoms with Crippen LogP contribution in [0.3, 0.4) is 0 Å². The normalized spacial score (nSPS) is 14.0. The van der Waals surface area contributed by atoms with Crippen LogP contribution in [-0.2, 0) is 21.0 Å². The molecule has 0 aliphatic heterocycles. The zero-order valence-corrected chi connectivity index (χ0v) is 17.7. The molecule has 0 spiro atoms. The predicted molar refractivity (Wildman–Crippen MR) is 108 cm³/mol. The fourth-order valence-corrected chi connectivity index (χ4v) is 4.10. The summed E-state index contributed by atoms with van der Waals surface area (Å²) in [6.45, 7) is 3.03. The molecular weight excluding hydrogens is 421 g/mol. The smallest absolute Gasteiger partial charge is 0.416 e. The van der Waals surface area contributed by atoms with Gasteiger partial charge in [0.25, 0.3) is 0 Å². The zero-order chi connectivity index (χ0) is 22.7. The number of rotatable bonds is 7. The maximum absolute atomic E-state index is 13.0. The molecule has 2 aromatic carbocycles. The number of methoxy groups -OCH3 is 1. The van der Waals surface area contributed by atoms with E-state index in [9.17, 15) is 26.4 Å². The number of nitrogens with one attached hydrogen (secondary N) is 1. The average molecular weight is 444 g/mol. The molecule has 30 heavy (non-hydrogen) atoms. The molecule has 0 saturated heterocycles. The van der Waals surface area contributed by atoms with Crippen molar-refractivity contribution in [2.24, 2.45) is 0 Å². The maximum atomic E-state index is 13.0. The third-order valence-corrected chi connectivity index (χ3v) is 5.73. The van der Waals surface area contributed by atoms with Gasteiger partial charge in [0.05, 0.1) is 30.7 Å². The molecule has 2 atom stereocenters. The molecule has 0 radical (unpaired) electrons. The highest BCUT2D eigenvalue weighted by atomic mass is 32.2. The second-order valence-electron chi connectivity index (χ2n) is 6.79. The Bertz CT molecular complexity index is 992. The average Bonchev–Trinajstić information content (AvgIpc) is 2.66. The standard InChI is InChI=1S/C20H23F3N2O4S/c1-13(15-8-10-18(29-3)11-9-15)24-19(26)14(2)25(30(4,27)28)17-7-5-6-16(12-17)20(21,22)23/h5-14H,1-4H3,(H,24,26)/t13-,14+/m1/s1. The van der Waals surface area contributed by atoms with E-state index in [1.807, 2.05) is 0 Å². The minimum Gasteiger partial charge on any atom is -0.497 e. The predicted octanol–water partition coefficient (Wildman–Crippen LogP) is 3.75. The van der Waals surface area contributed by atoms with Gasteiger partial charge in [-0.15, -0.1) is 0 Å². The number of hydrogen-bond donors (Lipinski definition) is 1. The van der Waals surface area contributed by atoms with E-state index in [1.54, 1.807) is 31.2 Å². The summed E-state index contributed by atoms with van der Waals surface area (Å²) in [4.78, 5) is 12.7. The van der Waals surface area contributed by atoms with Crippen molar-refractivity contribution in [1.29, 1.82) is 0 Å². The first-order valence-corrected chi connectivity index (χ1v) is 10.8. The highest BCUT2D eigenvalue weighted by Gasteiger charge is 2.34. The number of sulfonamides is 1. The van der Waals surface area contributed by atoms with E-state index in [0.29, 0.717) is 16.1 Å². The third-order valence-electron chi connectivity index (χ3n) is 4.49. The van der Waals surface area contributed by atoms with Gasteiger partial charge in [0, 0.05) is 0 Å². The molecule has 10 heteroatoms. The summed E-state index contributed by atoms with van der Waals surface area (Å²) in [6.07, 6.45) is -3.81. The lowest BCUT2D eigenvalue weighted by atomic mass is 10.1. The van der Waals surface area contributed by atoms with Crippen molar-refractivity contribution >= 4 is 21.6 Å². The van der Waals surface area contributed by atoms with E-state index in [-0.39, 0.29) is 5.69 Å². The van der Waals surface area contributed by atoms with Crippen LogP contribution in [0.2, 0.25) is 0 Å². The topological polar surface area (TPSA) is 75.7 Å². The Labute approximate surface area is 173 Å². The lowest BCUT2D eigenvalue weighted by Gasteiger charge is -2.29. The molecule has 0 bridgehead atoms. The molecule has 0 aliphatic rings. The fraction of sp³-hybridized carbons (Fsp3) is 0.350. The van der Waals surface area contributed by atoms with E-state index in [1.165, 1.54) is 20.1 Å². The van der Waals surface area contributed by atoms with Crippen molar-refractivity contribution in [3.63, 3.8) is 0 Å². The second-order valence-corrected chi connectivity index (χ2v) is 8.65. The summed E-state index contributed by atoms with van der Waals surface area (Å²) in [7, 11) is -2.52. The summed E-state index contributed by atoms with van der Waals surface area (Å²) >= 11 is 0. The number of hydrogen-bond acceptors (Lipinski definition) is 4. The maximum Gasteiger partial charge on any atom is 0.416 e. The van der Waals surface area contributed by atoms with Crippen molar-refractivity contribution in [3.05, 3.63) is 59.7 Å². The Morgan fingerprint density at radius 1 is 1.10 bits per heavy atom. The molecule has 0 heterocycles. The number of ether oxygens (including phenoxy) is 1. The van der Waals surface area contributed by atoms with Crippen molar-refractivity contribution in [1.82, 2.24) is 5.32 Å². The van der Waals surface area contributed by atoms with Gasteiger partial charge in [0.1, 0.15) is 11.8 Å². The summed E-state index contributed by atoms with van der Waals surface area (Å²) in [5.41, 5.74) is -0.499. The molecule has 164 valence electrons. The van der Waals surface area contributed by atoms with Gasteiger partial charge >= 0.3 is 6.18 Å². The van der Waals surface area contributed by atoms with Crippen LogP contribution in [-0.4, -0.2) is 33.7 Å². The first kappa shape index (κ1) is 23.5. The molecule has 2 rings (SSSR count). The molecule has 6 nitrogen and oxygen atoms in total. The van der Waals surface area contributed by atoms with E-state index in [4.69, 9.17) is 4.74 Å². The molecule has 2 aromatic rings. The number of anilines is 1. The van der Waals surface area contributed by atoms with Crippen LogP contribution in [0.5, 0.6) is 5.75 Å². The van der Waals surface area contributed by atoms with Crippen molar-refractivity contribution in [2.45, 2.75) is 32.1 Å². The van der Waals surface area contributed by atoms with Crippen LogP contribution in [0.4, 0.5) is 18.9 Å². The Balaban J connectivity index is 2.28. The van der Waals surface area contributed by atoms with Gasteiger partial charge in [0.2, 0.25) is 15.9 Å². The van der Waals surface area contributed by atoms with E-state index in [0.717, 1.165) is 24.0 Å². The fourth-order valence-electron chi connectivity index (χ4n) is 2.94. The lowest BCUT2D eigenvalue weighted by Crippen LogP contribution is -2.48. The minimum absolute atomic E-state index is 0.243. The monoisotopic (exact) mass is 444 g/mol. The van der Waals surface area contributed by atoms with Gasteiger partial charge < -0.3 is 10.1 Å². The van der Waals surface area contributed by atoms with Gasteiger partial charge in [-0.2, -0.15) is 13.2 Å². The zero-order valence-electron chi connectivity index (χ0n) is 16.9. The highest BCUT2D eigenvalue weighted by Crippen LogP contribution is 2.33. The SMILES string of the molecule is COc1ccc([C@@H](C)NC(=O)[C@H](C)N(c2cccc(C(F)(F)F)c2)S(C)(=O)=O)cc1. The van der Waals surface area contributed by atoms with E-state index < -0.39 is 39.8 Å². The summed E-state index contributed by atoms with van der Waals surface area (Å²) < 4.78 is 69.5. The van der Waals surface area contributed by atoms with Crippen molar-refractivity contribution < 1.29 is 31.1 Å². The quantitative estimate of drug-likeness (QED) is 0.706. The van der Waals surface area contributed by atoms with Gasteiger partial charge in [-0.25, -0.2) is 8.42 Å². The number of nitrogens with zero attached hydrogens (tertiary/aromatic N) is 1. The Morgan fingerprint density at radius 3 is 2.20 bits per heavy atom. The molecule has 1 N–H and O–H groups in total. The van der Waals surface area contributed by atoms with Gasteiger partial charge in [-0.1, -0.05) is 18.2 Å². The van der Waals surface area contributed by atoms with Gasteiger partial charge in [-0.3, -0.25) is 9.10 Å². The summed E-state index contributed by atoms with van der Waals surface area (Å²) in [5.74, 6) is -0.0143. The molecule has 0 fully saturated rings. The molecule has 0 saturated carbocycles. The van der Waals surface area contributed by atoms with Crippen LogP contribution in [0.15, 0.2) is 48.5 Å². The summed E-state index contributed by atoms with van der Waals surface area (Å²) in [5, 5.41) is 2.69. The minimum atomic E-state index is -4.65. The summed E-state index contributed by atoms with van der Waals surface area (Å²) in [6, 6.07) is 9.04. The number of halogens is 3. The van der Waals surface area contributed by atoms with Crippen LogP contribution in [0, 0.1) is 0 Å². The Morgan fingerprint density at radius 2 is 1.70 bits per heavy atom. The number of benzene rings is 2. The lowest BCUT2D eigenvalue weighted by molar-refractivity contribution is -0.137. The van der Waals surface area contributed by atoms with E-state index in [2.05, 4.69) is 5.32 Å². The number of carbonyl (C=O) groups excluding carboxylic acids is 1. The molecule has 0 aromatic heterocycles. The number of amides is 1. The third kappa shape index (κ3) is 5.65. The van der Waals surface area contributed by atoms with Crippen LogP contribution < -0.4 is 14.4 Å². The van der Waals surface area contributed by atoms with E-state index >= 15 is 0 Å². The first-order chi connectivity index (χ1) is 13.8. The second kappa shape index (κ2) is 8.95. The molecule has 0 unspecified atom stereocenters. The first-order valence-electron chi connectivity index (χ1n) is 8.95. The molecule has 0 aliphatic carbocycles. The number of carbonyl (C=O) groups is 1. The largest absolute Gasteiger partial charge is 0.497 e. The van der Waals surface area contributed by atoms with Gasteiger partial charge in [-0.05, 0) is 49.7 Å². The molecule has 1 amide bonds. The van der Waals surface area contributed by atoms with Crippen molar-refractivity contribution in [3.8, 4) is 5.75 Å². The van der Waals surface area contributed by atoms with Crippen LogP contribution in [0.1, 0.15) is 31.0 Å². The van der Waals surface area contributed by atoms with Gasteiger partial charge in [0.15, 0.2) is 0 Å².